The highest BCUT2D eigenvalue weighted by Gasteiger charge is 2.50. The molecule has 0 N–H and O–H groups in total. The maximum absolute atomic E-state index is 13.7. The van der Waals surface area contributed by atoms with Gasteiger partial charge in [-0.3, -0.25) is 4.90 Å². The van der Waals surface area contributed by atoms with Gasteiger partial charge in [0.25, 0.3) is 0 Å². The molecule has 4 aliphatic rings. The van der Waals surface area contributed by atoms with E-state index >= 15 is 0 Å². The fraction of sp³-hybridized carbons (Fsp3) is 0.448. The Morgan fingerprint density at radius 1 is 1.08 bits per heavy atom. The standard InChI is InChI=1S/C29H32N2O5/c1-3-20-13-19-14-24-26(20)30(16-19)12-11-22-23-15-21(36-29(33)34-2)9-10-25(23)31(27(22)24)28(32)35-17-18-7-5-4-6-8-18/h4-10,15,19-20,24,26H,3,11-14,16-17H2,1-2H3/t19-,20-,24+,26?/m0/s1. The van der Waals surface area contributed by atoms with Crippen molar-refractivity contribution < 1.29 is 23.8 Å². The van der Waals surface area contributed by atoms with Crippen LogP contribution in [0.5, 0.6) is 5.75 Å². The molecular weight excluding hydrogens is 456 g/mol. The average Bonchev–Trinajstić information content (AvgIpc) is 3.18. The van der Waals surface area contributed by atoms with Crippen LogP contribution in [0.4, 0.5) is 9.59 Å². The van der Waals surface area contributed by atoms with Crippen molar-refractivity contribution in [3.05, 3.63) is 65.4 Å². The van der Waals surface area contributed by atoms with Crippen LogP contribution < -0.4 is 4.74 Å². The Kier molecular flexibility index (Phi) is 5.96. The third-order valence-corrected chi connectivity index (χ3v) is 8.40. The molecule has 3 aliphatic heterocycles. The Morgan fingerprint density at radius 2 is 1.92 bits per heavy atom. The van der Waals surface area contributed by atoms with Crippen LogP contribution in [0.1, 0.15) is 48.9 Å². The van der Waals surface area contributed by atoms with Crippen molar-refractivity contribution >= 4 is 23.2 Å². The van der Waals surface area contributed by atoms with E-state index in [-0.39, 0.29) is 18.6 Å². The van der Waals surface area contributed by atoms with Gasteiger partial charge in [-0.2, -0.15) is 0 Å². The van der Waals surface area contributed by atoms with Crippen molar-refractivity contribution in [1.29, 1.82) is 0 Å². The predicted molar refractivity (Wildman–Crippen MR) is 135 cm³/mol. The Bertz CT molecular complexity index is 1300. The summed E-state index contributed by atoms with van der Waals surface area (Å²) in [5.74, 6) is 1.98. The summed E-state index contributed by atoms with van der Waals surface area (Å²) in [6.45, 7) is 4.63. The second kappa shape index (κ2) is 9.28. The van der Waals surface area contributed by atoms with Crippen LogP contribution in [0.25, 0.3) is 10.9 Å². The molecule has 7 heteroatoms. The lowest BCUT2D eigenvalue weighted by Crippen LogP contribution is -2.56. The number of fused-ring (bicyclic) bond motifs is 4. The zero-order chi connectivity index (χ0) is 24.8. The highest BCUT2D eigenvalue weighted by molar-refractivity contribution is 5.95. The number of rotatable bonds is 4. The van der Waals surface area contributed by atoms with Gasteiger partial charge in [0.05, 0.1) is 12.6 Å². The molecule has 7 nitrogen and oxygen atoms in total. The number of nitrogens with zero attached hydrogens (tertiary/aromatic N) is 2. The van der Waals surface area contributed by atoms with Gasteiger partial charge in [-0.15, -0.1) is 0 Å². The van der Waals surface area contributed by atoms with E-state index in [4.69, 9.17) is 9.47 Å². The fourth-order valence-corrected chi connectivity index (χ4v) is 7.01. The minimum atomic E-state index is -0.757. The Hall–Kier alpha value is -3.32. The van der Waals surface area contributed by atoms with Crippen molar-refractivity contribution in [2.45, 2.75) is 51.2 Å². The van der Waals surface area contributed by atoms with Crippen LogP contribution in [0, 0.1) is 11.8 Å². The molecule has 2 saturated heterocycles. The zero-order valence-corrected chi connectivity index (χ0v) is 20.8. The topological polar surface area (TPSA) is 70.0 Å². The molecule has 0 radical (unpaired) electrons. The van der Waals surface area contributed by atoms with Crippen molar-refractivity contribution in [3.63, 3.8) is 0 Å². The fourth-order valence-electron chi connectivity index (χ4n) is 7.01. The summed E-state index contributed by atoms with van der Waals surface area (Å²) in [5, 5.41) is 0.945. The summed E-state index contributed by atoms with van der Waals surface area (Å²) in [6.07, 6.45) is 3.27. The first-order valence-electron chi connectivity index (χ1n) is 13.0. The first kappa shape index (κ1) is 23.1. The number of benzene rings is 2. The lowest BCUT2D eigenvalue weighted by Gasteiger charge is -2.53. The van der Waals surface area contributed by atoms with Gasteiger partial charge in [0, 0.05) is 36.1 Å². The molecule has 2 unspecified atom stereocenters. The summed E-state index contributed by atoms with van der Waals surface area (Å²) >= 11 is 0. The summed E-state index contributed by atoms with van der Waals surface area (Å²) in [4.78, 5) is 28.2. The van der Waals surface area contributed by atoms with E-state index in [2.05, 4.69) is 16.6 Å². The maximum atomic E-state index is 13.7. The number of aromatic nitrogens is 1. The van der Waals surface area contributed by atoms with E-state index in [1.54, 1.807) is 6.07 Å². The smallest absolute Gasteiger partial charge is 0.444 e. The normalized spacial score (nSPS) is 26.2. The molecule has 5 atom stereocenters. The Balaban J connectivity index is 1.46. The molecule has 36 heavy (non-hydrogen) atoms. The van der Waals surface area contributed by atoms with Crippen LogP contribution in [0.3, 0.4) is 0 Å². The van der Waals surface area contributed by atoms with E-state index in [1.807, 2.05) is 47.0 Å². The van der Waals surface area contributed by atoms with Crippen molar-refractivity contribution in [2.24, 2.45) is 11.8 Å². The minimum Gasteiger partial charge on any atom is -0.444 e. The van der Waals surface area contributed by atoms with Crippen LogP contribution in [0.15, 0.2) is 48.5 Å². The van der Waals surface area contributed by atoms with Crippen LogP contribution in [0.2, 0.25) is 0 Å². The third-order valence-electron chi connectivity index (χ3n) is 8.40. The Morgan fingerprint density at radius 3 is 2.69 bits per heavy atom. The number of methoxy groups -OCH3 is 1. The molecule has 1 saturated carbocycles. The Labute approximate surface area is 210 Å². The van der Waals surface area contributed by atoms with Gasteiger partial charge in [-0.1, -0.05) is 43.7 Å². The molecule has 2 aromatic carbocycles. The number of ether oxygens (including phenoxy) is 3. The lowest BCUT2D eigenvalue weighted by atomic mass is 9.65. The van der Waals surface area contributed by atoms with E-state index in [0.29, 0.717) is 23.6 Å². The van der Waals surface area contributed by atoms with Gasteiger partial charge in [0.2, 0.25) is 0 Å². The van der Waals surface area contributed by atoms with Crippen LogP contribution >= 0.6 is 0 Å². The number of carbonyl (C=O) groups excluding carboxylic acids is 2. The minimum absolute atomic E-state index is 0.220. The van der Waals surface area contributed by atoms with Gasteiger partial charge in [-0.25, -0.2) is 14.2 Å². The van der Waals surface area contributed by atoms with Gasteiger partial charge in [0.1, 0.15) is 12.4 Å². The van der Waals surface area contributed by atoms with Crippen molar-refractivity contribution in [2.75, 3.05) is 20.2 Å². The van der Waals surface area contributed by atoms with Gasteiger partial charge in [0.15, 0.2) is 0 Å². The summed E-state index contributed by atoms with van der Waals surface area (Å²) < 4.78 is 17.7. The van der Waals surface area contributed by atoms with Crippen molar-refractivity contribution in [3.8, 4) is 5.75 Å². The molecule has 3 fully saturated rings. The maximum Gasteiger partial charge on any atom is 0.513 e. The summed E-state index contributed by atoms with van der Waals surface area (Å²) in [6, 6.07) is 15.7. The van der Waals surface area contributed by atoms with Gasteiger partial charge < -0.3 is 14.2 Å². The summed E-state index contributed by atoms with van der Waals surface area (Å²) in [7, 11) is 1.29. The summed E-state index contributed by atoms with van der Waals surface area (Å²) in [5.41, 5.74) is 4.02. The monoisotopic (exact) mass is 488 g/mol. The average molecular weight is 489 g/mol. The molecule has 0 spiro atoms. The molecule has 0 amide bonds. The molecule has 4 bridgehead atoms. The molecule has 3 aromatic rings. The number of piperidine rings is 2. The molecule has 188 valence electrons. The molecule has 1 aromatic heterocycles. The second-order valence-electron chi connectivity index (χ2n) is 10.3. The number of hydrogen-bond donors (Lipinski definition) is 0. The van der Waals surface area contributed by atoms with E-state index in [0.717, 1.165) is 54.5 Å². The first-order chi connectivity index (χ1) is 17.6. The molecule has 4 heterocycles. The molecular formula is C29H32N2O5. The lowest BCUT2D eigenvalue weighted by molar-refractivity contribution is -0.0141. The zero-order valence-electron chi connectivity index (χ0n) is 20.8. The second-order valence-corrected chi connectivity index (χ2v) is 10.3. The largest absolute Gasteiger partial charge is 0.513 e. The van der Waals surface area contributed by atoms with E-state index in [1.165, 1.54) is 19.1 Å². The quantitative estimate of drug-likeness (QED) is 0.345. The first-order valence-corrected chi connectivity index (χ1v) is 13.0. The predicted octanol–water partition coefficient (Wildman–Crippen LogP) is 5.73. The highest BCUT2D eigenvalue weighted by atomic mass is 16.7. The van der Waals surface area contributed by atoms with Gasteiger partial charge >= 0.3 is 12.2 Å². The van der Waals surface area contributed by atoms with E-state index in [9.17, 15) is 9.59 Å². The van der Waals surface area contributed by atoms with Crippen LogP contribution in [-0.2, 0) is 22.5 Å². The van der Waals surface area contributed by atoms with Crippen LogP contribution in [-0.4, -0.2) is 48.0 Å². The molecule has 1 aliphatic carbocycles. The van der Waals surface area contributed by atoms with Gasteiger partial charge in [-0.05, 0) is 60.4 Å². The van der Waals surface area contributed by atoms with Crippen molar-refractivity contribution in [1.82, 2.24) is 9.47 Å². The van der Waals surface area contributed by atoms with E-state index < -0.39 is 6.16 Å². The number of carbonyl (C=O) groups is 2. The highest BCUT2D eigenvalue weighted by Crippen LogP contribution is 2.52. The third kappa shape index (κ3) is 3.86. The number of hydrogen-bond acceptors (Lipinski definition) is 6. The SMILES string of the molecule is CC[C@H]1C[C@H]2C[C@H]3c4c(c5cc(OC(=O)OC)ccc5n4C(=O)OCc4ccccc4)CCN(C2)C13. The molecule has 7 rings (SSSR count).